The minimum Gasteiger partial charge on any atom is -0.328 e. The second-order valence-electron chi connectivity index (χ2n) is 7.11. The summed E-state index contributed by atoms with van der Waals surface area (Å²) in [4.78, 5) is 17.3. The Balaban J connectivity index is 1.70. The second kappa shape index (κ2) is 6.84. The first-order valence-corrected chi connectivity index (χ1v) is 9.05. The quantitative estimate of drug-likeness (QED) is 0.797. The lowest BCUT2D eigenvalue weighted by Gasteiger charge is -2.26. The summed E-state index contributed by atoms with van der Waals surface area (Å²) in [5.41, 5.74) is 9.14. The minimum atomic E-state index is 0.0694. The SMILES string of the molecule is NC1CCC(Cn2c(=O)n(Cc3cccnc3)c3ccccc32)CC1. The van der Waals surface area contributed by atoms with Crippen molar-refractivity contribution in [2.45, 2.75) is 44.8 Å². The van der Waals surface area contributed by atoms with E-state index in [1.54, 1.807) is 6.20 Å². The molecule has 1 aromatic carbocycles. The van der Waals surface area contributed by atoms with E-state index >= 15 is 0 Å². The highest BCUT2D eigenvalue weighted by atomic mass is 16.1. The molecule has 2 heterocycles. The van der Waals surface area contributed by atoms with E-state index in [1.807, 2.05) is 51.7 Å². The Kier molecular flexibility index (Phi) is 4.40. The topological polar surface area (TPSA) is 65.8 Å². The van der Waals surface area contributed by atoms with Crippen LogP contribution in [0, 0.1) is 5.92 Å². The first-order valence-electron chi connectivity index (χ1n) is 9.05. The van der Waals surface area contributed by atoms with Crippen LogP contribution in [0.4, 0.5) is 0 Å². The molecule has 3 aromatic rings. The van der Waals surface area contributed by atoms with Crippen molar-refractivity contribution in [1.29, 1.82) is 0 Å². The molecular weight excluding hydrogens is 312 g/mol. The van der Waals surface area contributed by atoms with E-state index in [9.17, 15) is 4.79 Å². The van der Waals surface area contributed by atoms with Crippen molar-refractivity contribution in [3.8, 4) is 0 Å². The van der Waals surface area contributed by atoms with Crippen LogP contribution in [-0.4, -0.2) is 20.2 Å². The normalized spacial score (nSPS) is 20.8. The fourth-order valence-corrected chi connectivity index (χ4v) is 3.90. The molecule has 5 heteroatoms. The van der Waals surface area contributed by atoms with Crippen LogP contribution in [0.2, 0.25) is 0 Å². The van der Waals surface area contributed by atoms with Gasteiger partial charge in [0.2, 0.25) is 0 Å². The molecule has 2 N–H and O–H groups in total. The zero-order valence-corrected chi connectivity index (χ0v) is 14.3. The molecule has 5 nitrogen and oxygen atoms in total. The number of pyridine rings is 1. The van der Waals surface area contributed by atoms with Crippen LogP contribution in [-0.2, 0) is 13.1 Å². The van der Waals surface area contributed by atoms with E-state index in [1.165, 1.54) is 0 Å². The molecule has 25 heavy (non-hydrogen) atoms. The van der Waals surface area contributed by atoms with Crippen molar-refractivity contribution in [3.63, 3.8) is 0 Å². The number of para-hydroxylation sites is 2. The van der Waals surface area contributed by atoms with Gasteiger partial charge in [-0.25, -0.2) is 4.79 Å². The van der Waals surface area contributed by atoms with Gasteiger partial charge in [-0.15, -0.1) is 0 Å². The Labute approximate surface area is 147 Å². The molecule has 2 aromatic heterocycles. The zero-order valence-electron chi connectivity index (χ0n) is 14.3. The van der Waals surface area contributed by atoms with E-state index in [4.69, 9.17) is 5.73 Å². The molecule has 0 spiro atoms. The molecule has 0 unspecified atom stereocenters. The molecular formula is C20H24N4O. The first kappa shape index (κ1) is 16.1. The molecule has 0 amide bonds. The van der Waals surface area contributed by atoms with Gasteiger partial charge >= 0.3 is 5.69 Å². The average Bonchev–Trinajstić information content (AvgIpc) is 2.90. The van der Waals surface area contributed by atoms with Crippen molar-refractivity contribution >= 4 is 11.0 Å². The van der Waals surface area contributed by atoms with Gasteiger partial charge in [0.05, 0.1) is 17.6 Å². The van der Waals surface area contributed by atoms with Crippen LogP contribution >= 0.6 is 0 Å². The summed E-state index contributed by atoms with van der Waals surface area (Å²) in [5.74, 6) is 0.537. The third-order valence-electron chi connectivity index (χ3n) is 5.32. The molecule has 1 aliphatic rings. The molecule has 0 atom stereocenters. The van der Waals surface area contributed by atoms with E-state index in [2.05, 4.69) is 4.98 Å². The third kappa shape index (κ3) is 3.24. The smallest absolute Gasteiger partial charge is 0.328 e. The predicted molar refractivity (Wildman–Crippen MR) is 99.5 cm³/mol. The van der Waals surface area contributed by atoms with E-state index in [0.29, 0.717) is 18.5 Å². The van der Waals surface area contributed by atoms with Gasteiger partial charge in [-0.2, -0.15) is 0 Å². The Bertz CT molecular complexity index is 904. The van der Waals surface area contributed by atoms with Gasteiger partial charge in [-0.3, -0.25) is 14.1 Å². The highest BCUT2D eigenvalue weighted by Gasteiger charge is 2.21. The molecule has 0 bridgehead atoms. The van der Waals surface area contributed by atoms with Gasteiger partial charge in [0.15, 0.2) is 0 Å². The van der Waals surface area contributed by atoms with Crippen molar-refractivity contribution < 1.29 is 0 Å². The third-order valence-corrected chi connectivity index (χ3v) is 5.32. The van der Waals surface area contributed by atoms with Gasteiger partial charge in [0.25, 0.3) is 0 Å². The summed E-state index contributed by atoms with van der Waals surface area (Å²) in [6, 6.07) is 12.3. The van der Waals surface area contributed by atoms with Crippen molar-refractivity contribution in [3.05, 3.63) is 64.8 Å². The summed E-state index contributed by atoms with van der Waals surface area (Å²) in [6.45, 7) is 1.34. The Morgan fingerprint density at radius 1 is 1.00 bits per heavy atom. The van der Waals surface area contributed by atoms with Gasteiger partial charge in [0, 0.05) is 25.0 Å². The van der Waals surface area contributed by atoms with Crippen LogP contribution in [0.1, 0.15) is 31.2 Å². The number of rotatable bonds is 4. The largest absolute Gasteiger partial charge is 0.329 e. The maximum Gasteiger partial charge on any atom is 0.329 e. The van der Waals surface area contributed by atoms with E-state index < -0.39 is 0 Å². The Hall–Kier alpha value is -2.40. The zero-order chi connectivity index (χ0) is 17.2. The van der Waals surface area contributed by atoms with Crippen LogP contribution < -0.4 is 11.4 Å². The van der Waals surface area contributed by atoms with Gasteiger partial charge in [0.1, 0.15) is 0 Å². The fraction of sp³-hybridized carbons (Fsp3) is 0.400. The van der Waals surface area contributed by atoms with Gasteiger partial charge < -0.3 is 5.73 Å². The molecule has 1 fully saturated rings. The van der Waals surface area contributed by atoms with Crippen molar-refractivity contribution in [1.82, 2.24) is 14.1 Å². The first-order chi connectivity index (χ1) is 12.2. The molecule has 0 aliphatic heterocycles. The molecule has 1 saturated carbocycles. The number of imidazole rings is 1. The number of aromatic nitrogens is 3. The molecule has 1 aliphatic carbocycles. The van der Waals surface area contributed by atoms with E-state index in [0.717, 1.165) is 48.8 Å². The van der Waals surface area contributed by atoms with Crippen molar-refractivity contribution in [2.24, 2.45) is 11.7 Å². The fourth-order valence-electron chi connectivity index (χ4n) is 3.90. The number of hydrogen-bond acceptors (Lipinski definition) is 3. The standard InChI is InChI=1S/C20H24N4O/c21-17-9-7-15(8-10-17)13-23-18-5-1-2-6-19(18)24(20(23)25)14-16-4-3-11-22-12-16/h1-6,11-12,15,17H,7-10,13-14,21H2. The highest BCUT2D eigenvalue weighted by Crippen LogP contribution is 2.25. The lowest BCUT2D eigenvalue weighted by atomic mass is 9.86. The summed E-state index contributed by atoms with van der Waals surface area (Å²) in [7, 11) is 0. The Morgan fingerprint density at radius 3 is 2.40 bits per heavy atom. The molecule has 4 rings (SSSR count). The maximum absolute atomic E-state index is 13.1. The summed E-state index contributed by atoms with van der Waals surface area (Å²) in [6.07, 6.45) is 7.91. The average molecular weight is 336 g/mol. The predicted octanol–water partition coefficient (Wildman–Crippen LogP) is 2.76. The van der Waals surface area contributed by atoms with Crippen LogP contribution in [0.3, 0.4) is 0 Å². The maximum atomic E-state index is 13.1. The summed E-state index contributed by atoms with van der Waals surface area (Å²) >= 11 is 0. The van der Waals surface area contributed by atoms with Crippen molar-refractivity contribution in [2.75, 3.05) is 0 Å². The number of fused-ring (bicyclic) bond motifs is 1. The summed E-state index contributed by atoms with van der Waals surface area (Å²) in [5, 5.41) is 0. The van der Waals surface area contributed by atoms with Gasteiger partial charge in [-0.1, -0.05) is 18.2 Å². The number of benzene rings is 1. The Morgan fingerprint density at radius 2 is 1.72 bits per heavy atom. The molecule has 130 valence electrons. The van der Waals surface area contributed by atoms with Gasteiger partial charge in [-0.05, 0) is 55.4 Å². The molecule has 0 saturated heterocycles. The van der Waals surface area contributed by atoms with E-state index in [-0.39, 0.29) is 5.69 Å². The number of hydrogen-bond donors (Lipinski definition) is 1. The van der Waals surface area contributed by atoms with Crippen LogP contribution in [0.25, 0.3) is 11.0 Å². The number of nitrogens with two attached hydrogens (primary N) is 1. The number of nitrogens with zero attached hydrogens (tertiary/aromatic N) is 3. The van der Waals surface area contributed by atoms with Crippen LogP contribution in [0.15, 0.2) is 53.6 Å². The second-order valence-corrected chi connectivity index (χ2v) is 7.11. The monoisotopic (exact) mass is 336 g/mol. The lowest BCUT2D eigenvalue weighted by Crippen LogP contribution is -2.31. The lowest BCUT2D eigenvalue weighted by molar-refractivity contribution is 0.294. The molecule has 0 radical (unpaired) electrons. The minimum absolute atomic E-state index is 0.0694. The highest BCUT2D eigenvalue weighted by molar-refractivity contribution is 5.76. The van der Waals surface area contributed by atoms with Crippen LogP contribution in [0.5, 0.6) is 0 Å². The summed E-state index contributed by atoms with van der Waals surface area (Å²) < 4.78 is 3.81.